The van der Waals surface area contributed by atoms with E-state index in [1.807, 2.05) is 17.5 Å². The minimum absolute atomic E-state index is 0.504. The average Bonchev–Trinajstić information content (AvgIpc) is 2.68. The first-order valence-electron chi connectivity index (χ1n) is 4.67. The molecule has 2 aromatic heterocycles. The fraction of sp³-hybridized carbons (Fsp3) is 0.182. The Morgan fingerprint density at radius 1 is 1.56 bits per heavy atom. The van der Waals surface area contributed by atoms with Crippen molar-refractivity contribution < 1.29 is 5.11 Å². The summed E-state index contributed by atoms with van der Waals surface area (Å²) in [5.74, 6) is 0. The first-order chi connectivity index (χ1) is 7.66. The zero-order chi connectivity index (χ0) is 11.5. The smallest absolute Gasteiger partial charge is 0.0839 e. The summed E-state index contributed by atoms with van der Waals surface area (Å²) in [4.78, 5) is 3.91. The number of thiophene rings is 1. The second-order valence-corrected chi connectivity index (χ2v) is 6.07. The van der Waals surface area contributed by atoms with Crippen LogP contribution in [-0.2, 0) is 6.42 Å². The Morgan fingerprint density at radius 3 is 3.00 bits per heavy atom. The maximum absolute atomic E-state index is 10.0. The van der Waals surface area contributed by atoms with Crippen molar-refractivity contribution in [2.45, 2.75) is 12.5 Å². The summed E-state index contributed by atoms with van der Waals surface area (Å²) in [6.07, 6.45) is 3.25. The molecular formula is C11H9BrClNOS. The van der Waals surface area contributed by atoms with Crippen molar-refractivity contribution >= 4 is 38.9 Å². The number of hydrogen-bond acceptors (Lipinski definition) is 3. The molecule has 0 amide bonds. The molecule has 0 radical (unpaired) electrons. The van der Waals surface area contributed by atoms with Crippen LogP contribution in [-0.4, -0.2) is 10.1 Å². The van der Waals surface area contributed by atoms with Gasteiger partial charge in [-0.1, -0.05) is 11.6 Å². The number of aliphatic hydroxyl groups excluding tert-OH is 1. The van der Waals surface area contributed by atoms with Crippen molar-refractivity contribution in [3.05, 3.63) is 49.8 Å². The van der Waals surface area contributed by atoms with Gasteiger partial charge >= 0.3 is 0 Å². The molecule has 1 unspecified atom stereocenters. The van der Waals surface area contributed by atoms with E-state index in [2.05, 4.69) is 20.9 Å². The highest BCUT2D eigenvalue weighted by molar-refractivity contribution is 9.11. The maximum atomic E-state index is 10.0. The van der Waals surface area contributed by atoms with Crippen LogP contribution in [0.25, 0.3) is 0 Å². The summed E-state index contributed by atoms with van der Waals surface area (Å²) in [5.41, 5.74) is 1.82. The molecule has 0 saturated carbocycles. The molecule has 1 N–H and O–H groups in total. The van der Waals surface area contributed by atoms with E-state index < -0.39 is 6.10 Å². The van der Waals surface area contributed by atoms with Crippen LogP contribution in [0, 0.1) is 0 Å². The van der Waals surface area contributed by atoms with Crippen LogP contribution in [0.15, 0.2) is 33.7 Å². The van der Waals surface area contributed by atoms with Gasteiger partial charge in [0.05, 0.1) is 14.9 Å². The number of pyridine rings is 1. The molecule has 16 heavy (non-hydrogen) atoms. The van der Waals surface area contributed by atoms with E-state index in [-0.39, 0.29) is 0 Å². The van der Waals surface area contributed by atoms with Crippen molar-refractivity contribution in [1.29, 1.82) is 0 Å². The highest BCUT2D eigenvalue weighted by Crippen LogP contribution is 2.28. The van der Waals surface area contributed by atoms with Crippen molar-refractivity contribution in [3.63, 3.8) is 0 Å². The molecule has 2 rings (SSSR count). The second kappa shape index (κ2) is 5.27. The molecule has 1 atom stereocenters. The molecule has 2 aromatic rings. The Balaban J connectivity index is 2.13. The maximum Gasteiger partial charge on any atom is 0.0839 e. The molecule has 0 aliphatic rings. The third-order valence-electron chi connectivity index (χ3n) is 2.24. The Labute approximate surface area is 111 Å². The van der Waals surface area contributed by atoms with Crippen LogP contribution in [0.2, 0.25) is 5.02 Å². The van der Waals surface area contributed by atoms with Crippen molar-refractivity contribution in [3.8, 4) is 0 Å². The molecule has 0 bridgehead atoms. The summed E-state index contributed by atoms with van der Waals surface area (Å²) in [5, 5.41) is 12.5. The quantitative estimate of drug-likeness (QED) is 0.933. The monoisotopic (exact) mass is 317 g/mol. The van der Waals surface area contributed by atoms with Crippen molar-refractivity contribution in [2.75, 3.05) is 0 Å². The lowest BCUT2D eigenvalue weighted by atomic mass is 10.1. The molecule has 2 heterocycles. The van der Waals surface area contributed by atoms with E-state index in [0.29, 0.717) is 11.4 Å². The van der Waals surface area contributed by atoms with Gasteiger partial charge in [-0.15, -0.1) is 11.3 Å². The summed E-state index contributed by atoms with van der Waals surface area (Å²) >= 11 is 10.9. The molecule has 0 aliphatic carbocycles. The lowest BCUT2D eigenvalue weighted by Gasteiger charge is -2.09. The highest BCUT2D eigenvalue weighted by Gasteiger charge is 2.12. The molecular weight excluding hydrogens is 310 g/mol. The molecule has 0 spiro atoms. The van der Waals surface area contributed by atoms with Gasteiger partial charge in [0.2, 0.25) is 0 Å². The molecule has 5 heteroatoms. The normalized spacial score (nSPS) is 12.7. The van der Waals surface area contributed by atoms with E-state index in [1.54, 1.807) is 23.7 Å². The molecule has 0 saturated heterocycles. The van der Waals surface area contributed by atoms with Crippen LogP contribution in [0.5, 0.6) is 0 Å². The SMILES string of the molecule is OC(Cc1ccncc1Cl)c1csc(Br)c1. The van der Waals surface area contributed by atoms with Gasteiger partial charge in [-0.2, -0.15) is 0 Å². The van der Waals surface area contributed by atoms with E-state index in [4.69, 9.17) is 11.6 Å². The van der Waals surface area contributed by atoms with Gasteiger partial charge < -0.3 is 5.11 Å². The third-order valence-corrected chi connectivity index (χ3v) is 4.11. The van der Waals surface area contributed by atoms with Gasteiger partial charge in [0, 0.05) is 18.8 Å². The molecule has 0 aliphatic heterocycles. The second-order valence-electron chi connectivity index (χ2n) is 3.37. The first kappa shape index (κ1) is 12.0. The van der Waals surface area contributed by atoms with Crippen LogP contribution >= 0.6 is 38.9 Å². The van der Waals surface area contributed by atoms with Gasteiger partial charge in [-0.05, 0) is 44.6 Å². The zero-order valence-corrected chi connectivity index (χ0v) is 11.4. The predicted molar refractivity (Wildman–Crippen MR) is 69.9 cm³/mol. The van der Waals surface area contributed by atoms with Crippen LogP contribution in [0.1, 0.15) is 17.2 Å². The number of hydrogen-bond donors (Lipinski definition) is 1. The lowest BCUT2D eigenvalue weighted by Crippen LogP contribution is -2.01. The van der Waals surface area contributed by atoms with Crippen LogP contribution in [0.3, 0.4) is 0 Å². The molecule has 0 aromatic carbocycles. The van der Waals surface area contributed by atoms with E-state index in [9.17, 15) is 5.11 Å². The summed E-state index contributed by atoms with van der Waals surface area (Å²) in [6.45, 7) is 0. The fourth-order valence-corrected chi connectivity index (χ4v) is 2.81. The predicted octanol–water partition coefficient (Wildman–Crippen LogP) is 3.84. The zero-order valence-electron chi connectivity index (χ0n) is 8.23. The Hall–Kier alpha value is -0.420. The van der Waals surface area contributed by atoms with Crippen LogP contribution < -0.4 is 0 Å². The van der Waals surface area contributed by atoms with E-state index in [1.165, 1.54) is 0 Å². The Morgan fingerprint density at radius 2 is 2.38 bits per heavy atom. The highest BCUT2D eigenvalue weighted by atomic mass is 79.9. The Kier molecular flexibility index (Phi) is 3.97. The van der Waals surface area contributed by atoms with E-state index in [0.717, 1.165) is 14.9 Å². The number of aliphatic hydroxyl groups is 1. The number of rotatable bonds is 3. The number of halogens is 2. The number of aromatic nitrogens is 1. The van der Waals surface area contributed by atoms with Gasteiger partial charge in [-0.3, -0.25) is 4.98 Å². The standard InChI is InChI=1S/C11H9BrClNOS/c12-11-4-8(6-16-11)10(15)3-7-1-2-14-5-9(7)13/h1-2,4-6,10,15H,3H2. The third kappa shape index (κ3) is 2.83. The van der Waals surface area contributed by atoms with Gasteiger partial charge in [-0.25, -0.2) is 0 Å². The van der Waals surface area contributed by atoms with E-state index >= 15 is 0 Å². The molecule has 2 nitrogen and oxygen atoms in total. The fourth-order valence-electron chi connectivity index (χ4n) is 1.39. The van der Waals surface area contributed by atoms with Gasteiger partial charge in [0.15, 0.2) is 0 Å². The minimum Gasteiger partial charge on any atom is -0.388 e. The number of nitrogens with zero attached hydrogens (tertiary/aromatic N) is 1. The Bertz CT molecular complexity index is 488. The lowest BCUT2D eigenvalue weighted by molar-refractivity contribution is 0.179. The van der Waals surface area contributed by atoms with Crippen molar-refractivity contribution in [1.82, 2.24) is 4.98 Å². The molecule has 84 valence electrons. The molecule has 0 fully saturated rings. The summed E-state index contributed by atoms with van der Waals surface area (Å²) in [6, 6.07) is 3.75. The summed E-state index contributed by atoms with van der Waals surface area (Å²) in [7, 11) is 0. The minimum atomic E-state index is -0.526. The first-order valence-corrected chi connectivity index (χ1v) is 6.72. The summed E-state index contributed by atoms with van der Waals surface area (Å²) < 4.78 is 1.02. The average molecular weight is 319 g/mol. The van der Waals surface area contributed by atoms with Gasteiger partial charge in [0.25, 0.3) is 0 Å². The van der Waals surface area contributed by atoms with Crippen LogP contribution in [0.4, 0.5) is 0 Å². The van der Waals surface area contributed by atoms with Crippen molar-refractivity contribution in [2.24, 2.45) is 0 Å². The largest absolute Gasteiger partial charge is 0.388 e. The topological polar surface area (TPSA) is 33.1 Å². The van der Waals surface area contributed by atoms with Gasteiger partial charge in [0.1, 0.15) is 0 Å².